The monoisotopic (exact) mass is 291 g/mol. The molecule has 0 aromatic carbocycles. The van der Waals surface area contributed by atoms with Crippen LogP contribution in [0, 0.1) is 5.41 Å². The summed E-state index contributed by atoms with van der Waals surface area (Å²) in [6.45, 7) is 7.92. The molecular formula is C15H25N5O. The van der Waals surface area contributed by atoms with Crippen molar-refractivity contribution in [3.05, 3.63) is 18.6 Å². The average Bonchev–Trinajstić information content (AvgIpc) is 2.98. The second-order valence-corrected chi connectivity index (χ2v) is 5.38. The Morgan fingerprint density at radius 3 is 2.62 bits per heavy atom. The van der Waals surface area contributed by atoms with Crippen molar-refractivity contribution in [3.63, 3.8) is 0 Å². The van der Waals surface area contributed by atoms with E-state index in [9.17, 15) is 5.11 Å². The fourth-order valence-electron chi connectivity index (χ4n) is 2.37. The predicted octanol–water partition coefficient (Wildman–Crippen LogP) is 2.37. The van der Waals surface area contributed by atoms with Gasteiger partial charge in [0.15, 0.2) is 11.5 Å². The Morgan fingerprint density at radius 1 is 1.24 bits per heavy atom. The zero-order chi connectivity index (χ0) is 15.3. The highest BCUT2D eigenvalue weighted by molar-refractivity contribution is 5.65. The van der Waals surface area contributed by atoms with Crippen molar-refractivity contribution >= 4 is 17.3 Å². The SMILES string of the molecule is CCNc1cn2ccnc2c(NCC(CC)(CC)CO)n1. The molecule has 6 nitrogen and oxygen atoms in total. The Hall–Kier alpha value is -1.82. The number of aliphatic hydroxyl groups excluding tert-OH is 1. The van der Waals surface area contributed by atoms with Crippen LogP contribution < -0.4 is 10.6 Å². The molecule has 6 heteroatoms. The summed E-state index contributed by atoms with van der Waals surface area (Å²) in [6, 6.07) is 0. The van der Waals surface area contributed by atoms with Crippen molar-refractivity contribution in [1.29, 1.82) is 0 Å². The number of hydrogen-bond acceptors (Lipinski definition) is 5. The summed E-state index contributed by atoms with van der Waals surface area (Å²) in [4.78, 5) is 8.93. The van der Waals surface area contributed by atoms with Gasteiger partial charge in [-0.3, -0.25) is 0 Å². The maximum Gasteiger partial charge on any atom is 0.180 e. The van der Waals surface area contributed by atoms with E-state index in [2.05, 4.69) is 34.4 Å². The summed E-state index contributed by atoms with van der Waals surface area (Å²) < 4.78 is 1.95. The van der Waals surface area contributed by atoms with Gasteiger partial charge in [0.25, 0.3) is 0 Å². The van der Waals surface area contributed by atoms with E-state index >= 15 is 0 Å². The topological polar surface area (TPSA) is 74.5 Å². The van der Waals surface area contributed by atoms with E-state index in [0.717, 1.165) is 36.7 Å². The van der Waals surface area contributed by atoms with E-state index in [-0.39, 0.29) is 12.0 Å². The van der Waals surface area contributed by atoms with E-state index in [4.69, 9.17) is 0 Å². The van der Waals surface area contributed by atoms with Gasteiger partial charge in [0.1, 0.15) is 5.82 Å². The fraction of sp³-hybridized carbons (Fsp3) is 0.600. The molecule has 0 spiro atoms. The lowest BCUT2D eigenvalue weighted by Gasteiger charge is -2.29. The molecule has 0 radical (unpaired) electrons. The van der Waals surface area contributed by atoms with Gasteiger partial charge in [0.2, 0.25) is 0 Å². The van der Waals surface area contributed by atoms with Gasteiger partial charge in [-0.05, 0) is 19.8 Å². The highest BCUT2D eigenvalue weighted by Gasteiger charge is 2.25. The molecule has 0 saturated carbocycles. The van der Waals surface area contributed by atoms with Gasteiger partial charge in [-0.2, -0.15) is 0 Å². The minimum atomic E-state index is -0.112. The van der Waals surface area contributed by atoms with Crippen LogP contribution in [0.4, 0.5) is 11.6 Å². The van der Waals surface area contributed by atoms with Crippen LogP contribution >= 0.6 is 0 Å². The molecule has 0 amide bonds. The van der Waals surface area contributed by atoms with E-state index in [1.807, 2.05) is 23.7 Å². The van der Waals surface area contributed by atoms with Crippen molar-refractivity contribution < 1.29 is 5.11 Å². The first-order valence-corrected chi connectivity index (χ1v) is 7.60. The number of nitrogens with zero attached hydrogens (tertiary/aromatic N) is 3. The number of imidazole rings is 1. The molecular weight excluding hydrogens is 266 g/mol. The molecule has 0 aliphatic heterocycles. The van der Waals surface area contributed by atoms with Gasteiger partial charge in [0, 0.05) is 30.9 Å². The smallest absolute Gasteiger partial charge is 0.180 e. The van der Waals surface area contributed by atoms with Crippen molar-refractivity contribution in [2.45, 2.75) is 33.6 Å². The van der Waals surface area contributed by atoms with Crippen LogP contribution in [-0.2, 0) is 0 Å². The van der Waals surface area contributed by atoms with Crippen molar-refractivity contribution in [2.24, 2.45) is 5.41 Å². The Morgan fingerprint density at radius 2 is 2.00 bits per heavy atom. The second kappa shape index (κ2) is 6.76. The van der Waals surface area contributed by atoms with Gasteiger partial charge in [0.05, 0.1) is 12.8 Å². The molecule has 0 bridgehead atoms. The van der Waals surface area contributed by atoms with Crippen LogP contribution in [0.25, 0.3) is 5.65 Å². The number of nitrogens with one attached hydrogen (secondary N) is 2. The van der Waals surface area contributed by atoms with Crippen molar-refractivity contribution in [2.75, 3.05) is 30.3 Å². The molecule has 2 aromatic heterocycles. The Labute approximate surface area is 125 Å². The number of aromatic nitrogens is 3. The molecule has 0 unspecified atom stereocenters. The maximum absolute atomic E-state index is 9.67. The zero-order valence-electron chi connectivity index (χ0n) is 13.1. The minimum Gasteiger partial charge on any atom is -0.396 e. The molecule has 2 aromatic rings. The predicted molar refractivity (Wildman–Crippen MR) is 85.7 cm³/mol. The molecule has 0 fully saturated rings. The minimum absolute atomic E-state index is 0.112. The third-order valence-corrected chi connectivity index (χ3v) is 4.20. The van der Waals surface area contributed by atoms with E-state index in [0.29, 0.717) is 6.54 Å². The molecule has 2 heterocycles. The van der Waals surface area contributed by atoms with Gasteiger partial charge < -0.3 is 20.1 Å². The number of fused-ring (bicyclic) bond motifs is 1. The molecule has 3 N–H and O–H groups in total. The van der Waals surface area contributed by atoms with Crippen LogP contribution in [0.2, 0.25) is 0 Å². The second-order valence-electron chi connectivity index (χ2n) is 5.38. The Kier molecular flexibility index (Phi) is 5.01. The summed E-state index contributed by atoms with van der Waals surface area (Å²) in [5.74, 6) is 1.56. The highest BCUT2D eigenvalue weighted by Crippen LogP contribution is 2.27. The molecule has 2 rings (SSSR count). The Balaban J connectivity index is 2.26. The number of hydrogen-bond donors (Lipinski definition) is 3. The third kappa shape index (κ3) is 3.26. The van der Waals surface area contributed by atoms with Crippen LogP contribution in [0.1, 0.15) is 33.6 Å². The molecule has 0 aliphatic carbocycles. The summed E-state index contributed by atoms with van der Waals surface area (Å²) in [6.07, 6.45) is 7.43. The normalized spacial score (nSPS) is 11.8. The summed E-state index contributed by atoms with van der Waals surface area (Å²) >= 11 is 0. The van der Waals surface area contributed by atoms with Crippen molar-refractivity contribution in [3.8, 4) is 0 Å². The van der Waals surface area contributed by atoms with E-state index < -0.39 is 0 Å². The van der Waals surface area contributed by atoms with Crippen LogP contribution in [-0.4, -0.2) is 39.2 Å². The lowest BCUT2D eigenvalue weighted by Crippen LogP contribution is -2.32. The van der Waals surface area contributed by atoms with Crippen LogP contribution in [0.3, 0.4) is 0 Å². The van der Waals surface area contributed by atoms with Crippen LogP contribution in [0.5, 0.6) is 0 Å². The van der Waals surface area contributed by atoms with Gasteiger partial charge in [-0.1, -0.05) is 13.8 Å². The van der Waals surface area contributed by atoms with Crippen LogP contribution in [0.15, 0.2) is 18.6 Å². The average molecular weight is 291 g/mol. The number of aliphatic hydroxyl groups is 1. The largest absolute Gasteiger partial charge is 0.396 e. The van der Waals surface area contributed by atoms with E-state index in [1.165, 1.54) is 0 Å². The first kappa shape index (κ1) is 15.6. The number of rotatable bonds is 8. The molecule has 0 saturated heterocycles. The summed E-state index contributed by atoms with van der Waals surface area (Å²) in [5, 5.41) is 16.3. The highest BCUT2D eigenvalue weighted by atomic mass is 16.3. The lowest BCUT2D eigenvalue weighted by molar-refractivity contribution is 0.127. The van der Waals surface area contributed by atoms with Crippen molar-refractivity contribution in [1.82, 2.24) is 14.4 Å². The van der Waals surface area contributed by atoms with Gasteiger partial charge in [-0.25, -0.2) is 9.97 Å². The first-order chi connectivity index (χ1) is 10.2. The maximum atomic E-state index is 9.67. The van der Waals surface area contributed by atoms with Gasteiger partial charge >= 0.3 is 0 Å². The first-order valence-electron chi connectivity index (χ1n) is 7.60. The van der Waals surface area contributed by atoms with E-state index in [1.54, 1.807) is 6.20 Å². The standard InChI is InChI=1S/C15H25N5O/c1-4-15(5-2,11-21)10-18-13-14-17-7-8-20(14)9-12(19-13)16-6-3/h7-9,16,21H,4-6,10-11H2,1-3H3,(H,18,19). The molecule has 21 heavy (non-hydrogen) atoms. The lowest BCUT2D eigenvalue weighted by atomic mass is 9.83. The summed E-state index contributed by atoms with van der Waals surface area (Å²) in [7, 11) is 0. The molecule has 0 aliphatic rings. The quantitative estimate of drug-likeness (QED) is 0.696. The third-order valence-electron chi connectivity index (χ3n) is 4.20. The Bertz CT molecular complexity index is 568. The molecule has 0 atom stereocenters. The fourth-order valence-corrected chi connectivity index (χ4v) is 2.37. The molecule has 116 valence electrons. The zero-order valence-corrected chi connectivity index (χ0v) is 13.1. The van der Waals surface area contributed by atoms with Gasteiger partial charge in [-0.15, -0.1) is 0 Å². The summed E-state index contributed by atoms with van der Waals surface area (Å²) in [5.41, 5.74) is 0.690. The number of anilines is 2.